The molecule has 0 aromatic heterocycles. The quantitative estimate of drug-likeness (QED) is 0.801. The zero-order chi connectivity index (χ0) is 12.4. The number of rotatable bonds is 1. The fourth-order valence-electron chi connectivity index (χ4n) is 1.89. The van der Waals surface area contributed by atoms with Crippen molar-refractivity contribution in [1.82, 2.24) is 4.90 Å². The van der Waals surface area contributed by atoms with Crippen LogP contribution in [-0.4, -0.2) is 34.8 Å². The number of hydrogen-bond donors (Lipinski definition) is 1. The lowest BCUT2D eigenvalue weighted by Crippen LogP contribution is -2.40. The number of ketones is 1. The number of carbonyl (C=O) groups excluding carboxylic acids is 2. The molecule has 1 fully saturated rings. The summed E-state index contributed by atoms with van der Waals surface area (Å²) in [7, 11) is 0. The van der Waals surface area contributed by atoms with Gasteiger partial charge in [-0.3, -0.25) is 9.59 Å². The van der Waals surface area contributed by atoms with E-state index in [1.54, 1.807) is 0 Å². The highest BCUT2D eigenvalue weighted by molar-refractivity contribution is 5.99. The molecular formula is C12H12FNO3. The molecule has 1 heterocycles. The van der Waals surface area contributed by atoms with Gasteiger partial charge in [-0.25, -0.2) is 4.39 Å². The van der Waals surface area contributed by atoms with Crippen LogP contribution in [0.5, 0.6) is 5.75 Å². The molecule has 1 aliphatic heterocycles. The largest absolute Gasteiger partial charge is 0.507 e. The van der Waals surface area contributed by atoms with Crippen molar-refractivity contribution in [2.45, 2.75) is 12.8 Å². The van der Waals surface area contributed by atoms with E-state index in [9.17, 15) is 19.1 Å². The zero-order valence-electron chi connectivity index (χ0n) is 9.15. The monoisotopic (exact) mass is 237 g/mol. The molecule has 1 N–H and O–H groups in total. The third kappa shape index (κ3) is 2.27. The fourth-order valence-corrected chi connectivity index (χ4v) is 1.89. The number of phenolic OH excluding ortho intramolecular Hbond substituents is 1. The number of halogens is 1. The van der Waals surface area contributed by atoms with E-state index in [0.29, 0.717) is 19.4 Å². The van der Waals surface area contributed by atoms with Crippen molar-refractivity contribution < 1.29 is 19.1 Å². The van der Waals surface area contributed by atoms with Gasteiger partial charge in [0.05, 0.1) is 6.54 Å². The van der Waals surface area contributed by atoms with Gasteiger partial charge in [0.1, 0.15) is 17.1 Å². The number of Topliss-reactive ketones (excluding diaryl/α,β-unsaturated/α-hetero) is 1. The van der Waals surface area contributed by atoms with Gasteiger partial charge in [-0.15, -0.1) is 0 Å². The number of phenols is 1. The van der Waals surface area contributed by atoms with Crippen molar-refractivity contribution >= 4 is 11.7 Å². The smallest absolute Gasteiger partial charge is 0.261 e. The molecule has 0 aliphatic carbocycles. The lowest BCUT2D eigenvalue weighted by atomic mass is 10.1. The van der Waals surface area contributed by atoms with Crippen molar-refractivity contribution in [2.75, 3.05) is 13.1 Å². The van der Waals surface area contributed by atoms with Gasteiger partial charge in [0.15, 0.2) is 5.78 Å². The van der Waals surface area contributed by atoms with Crippen LogP contribution in [0.15, 0.2) is 18.2 Å². The lowest BCUT2D eigenvalue weighted by molar-refractivity contribution is -0.121. The Morgan fingerprint density at radius 2 is 2.18 bits per heavy atom. The van der Waals surface area contributed by atoms with E-state index < -0.39 is 17.5 Å². The summed E-state index contributed by atoms with van der Waals surface area (Å²) in [6.45, 7) is 0.408. The van der Waals surface area contributed by atoms with Crippen molar-refractivity contribution in [3.05, 3.63) is 29.6 Å². The Morgan fingerprint density at radius 1 is 1.41 bits per heavy atom. The number of piperidine rings is 1. The maximum Gasteiger partial charge on any atom is 0.261 e. The molecule has 90 valence electrons. The van der Waals surface area contributed by atoms with Crippen LogP contribution in [0.4, 0.5) is 4.39 Å². The van der Waals surface area contributed by atoms with Crippen LogP contribution in [0.1, 0.15) is 23.2 Å². The van der Waals surface area contributed by atoms with Gasteiger partial charge in [-0.1, -0.05) is 6.07 Å². The molecule has 17 heavy (non-hydrogen) atoms. The predicted octanol–water partition coefficient (Wildman–Crippen LogP) is 1.34. The maximum atomic E-state index is 13.5. The highest BCUT2D eigenvalue weighted by Gasteiger charge is 2.26. The normalized spacial score (nSPS) is 16.1. The van der Waals surface area contributed by atoms with Crippen LogP contribution in [0.3, 0.4) is 0 Å². The second-order valence-electron chi connectivity index (χ2n) is 4.00. The summed E-state index contributed by atoms with van der Waals surface area (Å²) in [5, 5.41) is 9.49. The summed E-state index contributed by atoms with van der Waals surface area (Å²) in [6, 6.07) is 3.68. The lowest BCUT2D eigenvalue weighted by Gasteiger charge is -2.26. The molecule has 4 nitrogen and oxygen atoms in total. The van der Waals surface area contributed by atoms with E-state index in [1.165, 1.54) is 17.0 Å². The summed E-state index contributed by atoms with van der Waals surface area (Å²) in [5.74, 6) is -1.84. The van der Waals surface area contributed by atoms with Gasteiger partial charge in [-0.05, 0) is 18.6 Å². The SMILES string of the molecule is O=C1CCCN(C(=O)c2c(O)cccc2F)C1. The molecule has 0 radical (unpaired) electrons. The molecule has 1 aliphatic rings. The van der Waals surface area contributed by atoms with Gasteiger partial charge in [0.2, 0.25) is 0 Å². The van der Waals surface area contributed by atoms with Crippen molar-refractivity contribution in [1.29, 1.82) is 0 Å². The zero-order valence-corrected chi connectivity index (χ0v) is 9.15. The van der Waals surface area contributed by atoms with E-state index in [1.807, 2.05) is 0 Å². The second kappa shape index (κ2) is 4.53. The number of benzene rings is 1. The number of aromatic hydroxyl groups is 1. The molecule has 1 aromatic rings. The molecule has 1 aromatic carbocycles. The van der Waals surface area contributed by atoms with Crippen LogP contribution in [0.2, 0.25) is 0 Å². The number of carbonyl (C=O) groups is 2. The molecule has 1 saturated heterocycles. The van der Waals surface area contributed by atoms with Crippen LogP contribution in [-0.2, 0) is 4.79 Å². The number of likely N-dealkylation sites (tertiary alicyclic amines) is 1. The first-order chi connectivity index (χ1) is 8.09. The fraction of sp³-hybridized carbons (Fsp3) is 0.333. The van der Waals surface area contributed by atoms with Crippen molar-refractivity contribution in [2.24, 2.45) is 0 Å². The summed E-state index contributed by atoms with van der Waals surface area (Å²) >= 11 is 0. The molecule has 0 bridgehead atoms. The molecule has 0 spiro atoms. The molecular weight excluding hydrogens is 225 g/mol. The van der Waals surface area contributed by atoms with Gasteiger partial charge in [0, 0.05) is 13.0 Å². The Kier molecular flexibility index (Phi) is 3.08. The minimum absolute atomic E-state index is 0.00733. The van der Waals surface area contributed by atoms with Crippen LogP contribution < -0.4 is 0 Å². The first kappa shape index (κ1) is 11.6. The van der Waals surface area contributed by atoms with E-state index in [2.05, 4.69) is 0 Å². The van der Waals surface area contributed by atoms with Gasteiger partial charge in [-0.2, -0.15) is 0 Å². The molecule has 0 atom stereocenters. The third-order valence-corrected chi connectivity index (χ3v) is 2.74. The Balaban J connectivity index is 2.27. The van der Waals surface area contributed by atoms with Crippen LogP contribution in [0, 0.1) is 5.82 Å². The third-order valence-electron chi connectivity index (χ3n) is 2.74. The first-order valence-electron chi connectivity index (χ1n) is 5.38. The summed E-state index contributed by atoms with van der Waals surface area (Å²) in [6.07, 6.45) is 1.03. The highest BCUT2D eigenvalue weighted by Crippen LogP contribution is 2.22. The molecule has 2 rings (SSSR count). The summed E-state index contributed by atoms with van der Waals surface area (Å²) in [5.41, 5.74) is -0.359. The van der Waals surface area contributed by atoms with Crippen LogP contribution in [0.25, 0.3) is 0 Å². The minimum Gasteiger partial charge on any atom is -0.507 e. The Labute approximate surface area is 97.7 Å². The van der Waals surface area contributed by atoms with E-state index in [0.717, 1.165) is 6.07 Å². The van der Waals surface area contributed by atoms with E-state index in [-0.39, 0.29) is 17.9 Å². The number of amides is 1. The molecule has 1 amide bonds. The first-order valence-corrected chi connectivity index (χ1v) is 5.38. The summed E-state index contributed by atoms with van der Waals surface area (Å²) < 4.78 is 13.5. The minimum atomic E-state index is -0.770. The molecule has 5 heteroatoms. The highest BCUT2D eigenvalue weighted by atomic mass is 19.1. The molecule has 0 unspecified atom stereocenters. The van der Waals surface area contributed by atoms with Gasteiger partial charge >= 0.3 is 0 Å². The topological polar surface area (TPSA) is 57.6 Å². The van der Waals surface area contributed by atoms with E-state index in [4.69, 9.17) is 0 Å². The standard InChI is InChI=1S/C12H12FNO3/c13-9-4-1-5-10(16)11(9)12(17)14-6-2-3-8(15)7-14/h1,4-5,16H,2-3,6-7H2. The van der Waals surface area contributed by atoms with Crippen molar-refractivity contribution in [3.63, 3.8) is 0 Å². The van der Waals surface area contributed by atoms with Gasteiger partial charge in [0.25, 0.3) is 5.91 Å². The predicted molar refractivity (Wildman–Crippen MR) is 58.2 cm³/mol. The maximum absolute atomic E-state index is 13.5. The molecule has 0 saturated carbocycles. The Bertz CT molecular complexity index is 453. The Morgan fingerprint density at radius 3 is 2.82 bits per heavy atom. The number of nitrogens with zero attached hydrogens (tertiary/aromatic N) is 1. The Hall–Kier alpha value is -1.91. The van der Waals surface area contributed by atoms with E-state index >= 15 is 0 Å². The average molecular weight is 237 g/mol. The van der Waals surface area contributed by atoms with Crippen molar-refractivity contribution in [3.8, 4) is 5.75 Å². The number of hydrogen-bond acceptors (Lipinski definition) is 3. The summed E-state index contributed by atoms with van der Waals surface area (Å²) in [4.78, 5) is 24.5. The van der Waals surface area contributed by atoms with Gasteiger partial charge < -0.3 is 10.0 Å². The van der Waals surface area contributed by atoms with Crippen LogP contribution >= 0.6 is 0 Å². The second-order valence-corrected chi connectivity index (χ2v) is 4.00. The average Bonchev–Trinajstić information content (AvgIpc) is 2.28.